The van der Waals surface area contributed by atoms with Crippen LogP contribution in [-0.4, -0.2) is 41.3 Å². The minimum Gasteiger partial charge on any atom is -0.387 e. The molecule has 45 heavy (non-hydrogen) atoms. The standard InChI is InChI=1S/C37H74NO6P/c1-4-7-9-11-13-15-17-19-21-23-25-27-29-31-36(39)35(34-44-45(41,42)43-33-6-3)38-37(40)32-30-28-26-24-22-20-18-16-14-12-10-8-5-2/h29,31,35-36,39H,4-28,30,32-34H2,1-3H3,(H,38,40)(H,41,42)/b31-29+/t35-,36+/m0/s1. The zero-order valence-corrected chi connectivity index (χ0v) is 30.7. The molecule has 0 bridgehead atoms. The van der Waals surface area contributed by atoms with Gasteiger partial charge >= 0.3 is 7.82 Å². The van der Waals surface area contributed by atoms with E-state index in [4.69, 9.17) is 9.05 Å². The van der Waals surface area contributed by atoms with Gasteiger partial charge in [0.2, 0.25) is 5.91 Å². The third-order valence-electron chi connectivity index (χ3n) is 8.45. The maximum Gasteiger partial charge on any atom is 0.472 e. The summed E-state index contributed by atoms with van der Waals surface area (Å²) in [5.41, 5.74) is 0. The number of allylic oxidation sites excluding steroid dienone is 1. The van der Waals surface area contributed by atoms with E-state index in [9.17, 15) is 19.4 Å². The zero-order valence-electron chi connectivity index (χ0n) is 29.8. The molecule has 1 unspecified atom stereocenters. The number of hydrogen-bond acceptors (Lipinski definition) is 5. The van der Waals surface area contributed by atoms with Gasteiger partial charge in [-0.25, -0.2) is 4.57 Å². The van der Waals surface area contributed by atoms with E-state index in [0.717, 1.165) is 32.1 Å². The lowest BCUT2D eigenvalue weighted by molar-refractivity contribution is -0.123. The van der Waals surface area contributed by atoms with Crippen molar-refractivity contribution in [1.82, 2.24) is 5.32 Å². The Bertz CT molecular complexity index is 719. The van der Waals surface area contributed by atoms with Crippen LogP contribution < -0.4 is 5.32 Å². The number of hydrogen-bond donors (Lipinski definition) is 3. The second kappa shape index (κ2) is 33.2. The van der Waals surface area contributed by atoms with Gasteiger partial charge in [0.25, 0.3) is 0 Å². The van der Waals surface area contributed by atoms with Gasteiger partial charge in [-0.05, 0) is 25.7 Å². The lowest BCUT2D eigenvalue weighted by Gasteiger charge is -2.23. The molecule has 0 aromatic carbocycles. The molecular formula is C37H74NO6P. The Morgan fingerprint density at radius 1 is 0.644 bits per heavy atom. The second-order valence-electron chi connectivity index (χ2n) is 13.0. The number of unbranched alkanes of at least 4 members (excludes halogenated alkanes) is 23. The molecule has 0 fully saturated rings. The van der Waals surface area contributed by atoms with E-state index in [1.807, 2.05) is 13.0 Å². The Morgan fingerprint density at radius 3 is 1.51 bits per heavy atom. The van der Waals surface area contributed by atoms with Crippen LogP contribution in [0, 0.1) is 0 Å². The van der Waals surface area contributed by atoms with E-state index in [-0.39, 0.29) is 19.1 Å². The minimum atomic E-state index is -4.24. The lowest BCUT2D eigenvalue weighted by atomic mass is 10.0. The van der Waals surface area contributed by atoms with Gasteiger partial charge in [-0.2, -0.15) is 0 Å². The molecule has 1 amide bonds. The summed E-state index contributed by atoms with van der Waals surface area (Å²) in [7, 11) is -4.24. The summed E-state index contributed by atoms with van der Waals surface area (Å²) in [6, 6.07) is -0.821. The molecular weight excluding hydrogens is 585 g/mol. The summed E-state index contributed by atoms with van der Waals surface area (Å²) in [5.74, 6) is -0.174. The van der Waals surface area contributed by atoms with E-state index >= 15 is 0 Å². The molecule has 8 heteroatoms. The molecule has 0 aliphatic heterocycles. The number of phosphoric ester groups is 1. The Labute approximate surface area is 278 Å². The molecule has 7 nitrogen and oxygen atoms in total. The van der Waals surface area contributed by atoms with Crippen molar-refractivity contribution in [2.45, 2.75) is 206 Å². The molecule has 0 heterocycles. The monoisotopic (exact) mass is 660 g/mol. The topological polar surface area (TPSA) is 105 Å². The van der Waals surface area contributed by atoms with Crippen molar-refractivity contribution in [1.29, 1.82) is 0 Å². The molecule has 3 N–H and O–H groups in total. The minimum absolute atomic E-state index is 0.102. The highest BCUT2D eigenvalue weighted by molar-refractivity contribution is 7.47. The first kappa shape index (κ1) is 44.3. The molecule has 0 aliphatic rings. The van der Waals surface area contributed by atoms with E-state index < -0.39 is 20.0 Å². The van der Waals surface area contributed by atoms with Crippen LogP contribution in [0.25, 0.3) is 0 Å². The van der Waals surface area contributed by atoms with Crippen LogP contribution >= 0.6 is 7.82 Å². The maximum absolute atomic E-state index is 12.7. The first-order valence-electron chi connectivity index (χ1n) is 19.1. The molecule has 0 radical (unpaired) electrons. The number of nitrogens with one attached hydrogen (secondary N) is 1. The SMILES string of the molecule is CCCCCCCCCCCCC/C=C/[C@@H](O)[C@H](COP(=O)(O)OCCC)NC(=O)CCCCCCCCCCCCCCC. The Balaban J connectivity index is 4.31. The highest BCUT2D eigenvalue weighted by Crippen LogP contribution is 2.43. The van der Waals surface area contributed by atoms with Crippen molar-refractivity contribution in [3.8, 4) is 0 Å². The third-order valence-corrected chi connectivity index (χ3v) is 9.43. The molecule has 0 aromatic rings. The van der Waals surface area contributed by atoms with Gasteiger partial charge in [-0.1, -0.05) is 174 Å². The normalized spacial score (nSPS) is 14.5. The summed E-state index contributed by atoms with van der Waals surface area (Å²) < 4.78 is 22.2. The Kier molecular flexibility index (Phi) is 32.7. The lowest BCUT2D eigenvalue weighted by Crippen LogP contribution is -2.45. The first-order valence-corrected chi connectivity index (χ1v) is 20.6. The van der Waals surface area contributed by atoms with Crippen LogP contribution in [0.3, 0.4) is 0 Å². The van der Waals surface area contributed by atoms with E-state index in [2.05, 4.69) is 19.2 Å². The van der Waals surface area contributed by atoms with Crippen LogP contribution in [0.4, 0.5) is 0 Å². The van der Waals surface area contributed by atoms with Crippen LogP contribution in [0.2, 0.25) is 0 Å². The molecule has 0 saturated heterocycles. The smallest absolute Gasteiger partial charge is 0.387 e. The summed E-state index contributed by atoms with van der Waals surface area (Å²) in [4.78, 5) is 22.6. The van der Waals surface area contributed by atoms with Crippen LogP contribution in [0.15, 0.2) is 12.2 Å². The molecule has 0 aromatic heterocycles. The fraction of sp³-hybridized carbons (Fsp3) is 0.919. The van der Waals surface area contributed by atoms with Gasteiger partial charge < -0.3 is 15.3 Å². The molecule has 268 valence electrons. The van der Waals surface area contributed by atoms with Crippen molar-refractivity contribution in [3.63, 3.8) is 0 Å². The van der Waals surface area contributed by atoms with Gasteiger partial charge in [0.05, 0.1) is 25.4 Å². The summed E-state index contributed by atoms with van der Waals surface area (Å²) >= 11 is 0. The number of carbonyl (C=O) groups is 1. The molecule has 0 rings (SSSR count). The largest absolute Gasteiger partial charge is 0.472 e. The van der Waals surface area contributed by atoms with Crippen molar-refractivity contribution in [2.24, 2.45) is 0 Å². The first-order chi connectivity index (χ1) is 21.9. The Morgan fingerprint density at radius 2 is 1.07 bits per heavy atom. The summed E-state index contributed by atoms with van der Waals surface area (Å²) in [5, 5.41) is 13.6. The van der Waals surface area contributed by atoms with E-state index in [0.29, 0.717) is 12.8 Å². The van der Waals surface area contributed by atoms with Gasteiger partial charge in [0, 0.05) is 6.42 Å². The van der Waals surface area contributed by atoms with Crippen molar-refractivity contribution < 1.29 is 28.4 Å². The van der Waals surface area contributed by atoms with Gasteiger partial charge in [-0.15, -0.1) is 0 Å². The fourth-order valence-electron chi connectivity index (χ4n) is 5.52. The van der Waals surface area contributed by atoms with Crippen LogP contribution in [0.1, 0.15) is 194 Å². The fourth-order valence-corrected chi connectivity index (χ4v) is 6.36. The molecule has 0 aliphatic carbocycles. The maximum atomic E-state index is 12.7. The number of carbonyl (C=O) groups excluding carboxylic acids is 1. The molecule has 3 atom stereocenters. The number of amides is 1. The average Bonchev–Trinajstić information content (AvgIpc) is 3.02. The summed E-state index contributed by atoms with van der Waals surface area (Å²) in [6.45, 7) is 6.15. The quantitative estimate of drug-likeness (QED) is 0.0355. The number of aliphatic hydroxyl groups is 1. The highest BCUT2D eigenvalue weighted by Gasteiger charge is 2.26. The predicted octanol–water partition coefficient (Wildman–Crippen LogP) is 11.1. The third kappa shape index (κ3) is 31.6. The number of rotatable bonds is 35. The van der Waals surface area contributed by atoms with Crippen LogP contribution in [0.5, 0.6) is 0 Å². The number of phosphoric acid groups is 1. The van der Waals surface area contributed by atoms with Crippen molar-refractivity contribution in [3.05, 3.63) is 12.2 Å². The second-order valence-corrected chi connectivity index (χ2v) is 14.5. The van der Waals surface area contributed by atoms with Gasteiger partial charge in [-0.3, -0.25) is 13.8 Å². The van der Waals surface area contributed by atoms with Crippen molar-refractivity contribution >= 4 is 13.7 Å². The highest BCUT2D eigenvalue weighted by atomic mass is 31.2. The van der Waals surface area contributed by atoms with E-state index in [1.165, 1.54) is 128 Å². The summed E-state index contributed by atoms with van der Waals surface area (Å²) in [6.07, 6.45) is 34.7. The molecule has 0 saturated carbocycles. The van der Waals surface area contributed by atoms with Gasteiger partial charge in [0.1, 0.15) is 0 Å². The Hall–Kier alpha value is -0.720. The predicted molar refractivity (Wildman–Crippen MR) is 190 cm³/mol. The van der Waals surface area contributed by atoms with E-state index in [1.54, 1.807) is 6.08 Å². The molecule has 0 spiro atoms. The van der Waals surface area contributed by atoms with Gasteiger partial charge in [0.15, 0.2) is 0 Å². The average molecular weight is 660 g/mol. The van der Waals surface area contributed by atoms with Crippen LogP contribution in [-0.2, 0) is 18.4 Å². The number of aliphatic hydroxyl groups excluding tert-OH is 1. The zero-order chi connectivity index (χ0) is 33.3. The van der Waals surface area contributed by atoms with Crippen molar-refractivity contribution in [2.75, 3.05) is 13.2 Å².